The molecule has 0 aromatic carbocycles. The van der Waals surface area contributed by atoms with Gasteiger partial charge in [-0.1, -0.05) is 133 Å². The largest absolute Gasteiger partial charge is 0.480 e. The van der Waals surface area contributed by atoms with Crippen molar-refractivity contribution in [1.82, 2.24) is 5.32 Å². The Balaban J connectivity index is 3.97. The van der Waals surface area contributed by atoms with Crippen molar-refractivity contribution in [2.45, 2.75) is 187 Å². The second kappa shape index (κ2) is 38.3. The summed E-state index contributed by atoms with van der Waals surface area (Å²) in [7, 11) is -4.76. The molecule has 3 unspecified atom stereocenters. The highest BCUT2D eigenvalue weighted by Gasteiger charge is 2.28. The average Bonchev–Trinajstić information content (AvgIpc) is 3.16. The number of aliphatic hydroxyl groups excluding tert-OH is 1. The number of carbonyl (C=O) groups excluding carboxylic acids is 2. The summed E-state index contributed by atoms with van der Waals surface area (Å²) < 4.78 is 26.8. The number of hydrogen-bond acceptors (Lipinski definition) is 8. The number of allylic oxidation sites excluding steroid dienone is 8. The van der Waals surface area contributed by atoms with Crippen LogP contribution in [0, 0.1) is 0 Å². The predicted octanol–water partition coefficient (Wildman–Crippen LogP) is 10.6. The highest BCUT2D eigenvalue weighted by Crippen LogP contribution is 2.43. The second-order valence-corrected chi connectivity index (χ2v) is 15.6. The van der Waals surface area contributed by atoms with E-state index in [1.807, 2.05) is 0 Å². The maximum Gasteiger partial charge on any atom is 0.472 e. The van der Waals surface area contributed by atoms with E-state index in [-0.39, 0.29) is 12.8 Å². The lowest BCUT2D eigenvalue weighted by atomic mass is 10.1. The van der Waals surface area contributed by atoms with Crippen LogP contribution in [-0.4, -0.2) is 64.9 Å². The van der Waals surface area contributed by atoms with Gasteiger partial charge in [0.05, 0.1) is 13.2 Å². The smallest absolute Gasteiger partial charge is 0.472 e. The van der Waals surface area contributed by atoms with Crippen LogP contribution in [0.3, 0.4) is 0 Å². The number of ether oxygens (including phenoxy) is 1. The molecule has 0 aliphatic rings. The molecule has 0 bridgehead atoms. The number of nitrogens with one attached hydrogen (secondary N) is 1. The number of esters is 1. The number of carboxylic acid groups (broad SMARTS) is 1. The third-order valence-corrected chi connectivity index (χ3v) is 9.79. The second-order valence-electron chi connectivity index (χ2n) is 14.2. The van der Waals surface area contributed by atoms with Crippen LogP contribution in [0.5, 0.6) is 0 Å². The Labute approximate surface area is 333 Å². The van der Waals surface area contributed by atoms with Gasteiger partial charge in [-0.15, -0.1) is 0 Å². The fraction of sp³-hybridized carbons (Fsp3) is 0.744. The molecule has 0 spiro atoms. The molecule has 1 amide bonds. The van der Waals surface area contributed by atoms with Crippen LogP contribution in [0.4, 0.5) is 0 Å². The van der Waals surface area contributed by atoms with Gasteiger partial charge in [-0.3, -0.25) is 18.6 Å². The van der Waals surface area contributed by atoms with Crippen molar-refractivity contribution in [3.8, 4) is 0 Å². The third-order valence-electron chi connectivity index (χ3n) is 8.84. The molecule has 0 aromatic rings. The number of carbonyl (C=O) groups is 3. The molecule has 0 rings (SSSR count). The van der Waals surface area contributed by atoms with E-state index in [4.69, 9.17) is 13.8 Å². The first-order valence-electron chi connectivity index (χ1n) is 21.2. The number of amides is 1. The van der Waals surface area contributed by atoms with Gasteiger partial charge in [0.1, 0.15) is 12.7 Å². The fourth-order valence-electron chi connectivity index (χ4n) is 5.49. The Morgan fingerprint density at radius 2 is 1.00 bits per heavy atom. The molecule has 0 saturated carbocycles. The average molecular weight is 798 g/mol. The van der Waals surface area contributed by atoms with Crippen LogP contribution in [0.15, 0.2) is 48.6 Å². The lowest BCUT2D eigenvalue weighted by molar-refractivity contribution is -0.147. The van der Waals surface area contributed by atoms with Crippen LogP contribution in [0.25, 0.3) is 0 Å². The van der Waals surface area contributed by atoms with Crippen molar-refractivity contribution >= 4 is 25.7 Å². The van der Waals surface area contributed by atoms with Crippen LogP contribution in [0.2, 0.25) is 0 Å². The van der Waals surface area contributed by atoms with E-state index in [2.05, 4.69) is 67.8 Å². The highest BCUT2D eigenvalue weighted by atomic mass is 31.2. The van der Waals surface area contributed by atoms with Gasteiger partial charge in [-0.2, -0.15) is 0 Å². The van der Waals surface area contributed by atoms with Gasteiger partial charge in [-0.05, 0) is 77.0 Å². The maximum absolute atomic E-state index is 12.3. The SMILES string of the molecule is CCCCC/C=C\C/C=C\CCCCCCCC(=O)NC(COP(=O)(O)OCC(O)COC(=O)CCCCCCC/C=C\C/C=C\CCCCCC)C(=O)O. The van der Waals surface area contributed by atoms with Crippen molar-refractivity contribution in [3.05, 3.63) is 48.6 Å². The third kappa shape index (κ3) is 38.1. The summed E-state index contributed by atoms with van der Waals surface area (Å²) in [5, 5.41) is 21.8. The summed E-state index contributed by atoms with van der Waals surface area (Å²) in [4.78, 5) is 45.8. The Bertz CT molecular complexity index is 1120. The van der Waals surface area contributed by atoms with Gasteiger partial charge >= 0.3 is 19.8 Å². The van der Waals surface area contributed by atoms with Crippen molar-refractivity contribution in [2.24, 2.45) is 0 Å². The van der Waals surface area contributed by atoms with E-state index < -0.39 is 57.6 Å². The molecular formula is C43H76NO10P. The molecule has 318 valence electrons. The van der Waals surface area contributed by atoms with Crippen molar-refractivity contribution in [3.63, 3.8) is 0 Å². The molecule has 0 aliphatic carbocycles. The quantitative estimate of drug-likeness (QED) is 0.0203. The number of phosphoric ester groups is 1. The number of phosphoric acid groups is 1. The molecule has 12 heteroatoms. The van der Waals surface area contributed by atoms with Crippen LogP contribution >= 0.6 is 7.82 Å². The van der Waals surface area contributed by atoms with Gasteiger partial charge in [0.2, 0.25) is 5.91 Å². The number of aliphatic hydroxyl groups is 1. The van der Waals surface area contributed by atoms with E-state index in [1.54, 1.807) is 0 Å². The Kier molecular flexibility index (Phi) is 36.5. The van der Waals surface area contributed by atoms with Gasteiger partial charge < -0.3 is 25.2 Å². The molecule has 3 atom stereocenters. The molecule has 4 N–H and O–H groups in total. The van der Waals surface area contributed by atoms with Crippen LogP contribution in [0.1, 0.15) is 174 Å². The minimum atomic E-state index is -4.76. The normalized spacial score (nSPS) is 14.3. The molecule has 11 nitrogen and oxygen atoms in total. The van der Waals surface area contributed by atoms with E-state index in [1.165, 1.54) is 51.4 Å². The van der Waals surface area contributed by atoms with E-state index in [0.29, 0.717) is 12.8 Å². The van der Waals surface area contributed by atoms with Gasteiger partial charge in [0.25, 0.3) is 0 Å². The molecular weight excluding hydrogens is 721 g/mol. The molecule has 0 aliphatic heterocycles. The molecule has 0 fully saturated rings. The zero-order valence-corrected chi connectivity index (χ0v) is 35.1. The van der Waals surface area contributed by atoms with E-state index in [0.717, 1.165) is 83.5 Å². The number of hydrogen-bond donors (Lipinski definition) is 4. The summed E-state index contributed by atoms with van der Waals surface area (Å²) in [5.41, 5.74) is 0. The first kappa shape index (κ1) is 52.4. The van der Waals surface area contributed by atoms with E-state index in [9.17, 15) is 34.1 Å². The first-order valence-corrected chi connectivity index (χ1v) is 22.7. The van der Waals surface area contributed by atoms with Crippen molar-refractivity contribution in [1.29, 1.82) is 0 Å². The van der Waals surface area contributed by atoms with Gasteiger partial charge in [0.15, 0.2) is 6.04 Å². The predicted molar refractivity (Wildman–Crippen MR) is 222 cm³/mol. The summed E-state index contributed by atoms with van der Waals surface area (Å²) in [5.74, 6) is -2.41. The monoisotopic (exact) mass is 798 g/mol. The molecule has 0 heterocycles. The van der Waals surface area contributed by atoms with Crippen molar-refractivity contribution < 1.29 is 47.8 Å². The summed E-state index contributed by atoms with van der Waals surface area (Å²) in [6, 6.07) is -1.56. The highest BCUT2D eigenvalue weighted by molar-refractivity contribution is 7.47. The minimum absolute atomic E-state index is 0.127. The molecule has 0 radical (unpaired) electrons. The van der Waals surface area contributed by atoms with Crippen LogP contribution in [-0.2, 0) is 32.7 Å². The molecule has 0 aromatic heterocycles. The Morgan fingerprint density at radius 3 is 1.51 bits per heavy atom. The van der Waals surface area contributed by atoms with Gasteiger partial charge in [-0.25, -0.2) is 9.36 Å². The van der Waals surface area contributed by atoms with Crippen molar-refractivity contribution in [2.75, 3.05) is 19.8 Å². The van der Waals surface area contributed by atoms with Crippen LogP contribution < -0.4 is 5.32 Å². The first-order chi connectivity index (χ1) is 26.6. The Morgan fingerprint density at radius 1 is 0.582 bits per heavy atom. The number of aliphatic carboxylic acids is 1. The lowest BCUT2D eigenvalue weighted by Gasteiger charge is -2.18. The molecule has 0 saturated heterocycles. The zero-order valence-electron chi connectivity index (χ0n) is 34.2. The fourth-order valence-corrected chi connectivity index (χ4v) is 6.26. The van der Waals surface area contributed by atoms with E-state index >= 15 is 0 Å². The molecule has 55 heavy (non-hydrogen) atoms. The number of unbranched alkanes of at least 4 members (excludes halogenated alkanes) is 17. The maximum atomic E-state index is 12.3. The minimum Gasteiger partial charge on any atom is -0.480 e. The number of carboxylic acids is 1. The summed E-state index contributed by atoms with van der Waals surface area (Å²) >= 11 is 0. The summed E-state index contributed by atoms with van der Waals surface area (Å²) in [6.45, 7) is 2.51. The lowest BCUT2D eigenvalue weighted by Crippen LogP contribution is -2.43. The topological polar surface area (TPSA) is 169 Å². The standard InChI is InChI=1S/C43H76NO10P/c1-3-5-7-9-11-13-15-17-19-21-23-25-27-29-31-33-35-42(47)52-36-39(45)37-53-55(50,51)54-38-40(43(48)49)44-41(46)34-32-30-28-26-24-22-20-18-16-14-12-10-8-6-4-2/h12-15,18-21,39-40,45H,3-11,16-17,22-38H2,1-2H3,(H,44,46)(H,48,49)(H,50,51)/b14-12-,15-13-,20-18-,21-19-. The van der Waals surface area contributed by atoms with Gasteiger partial charge in [0, 0.05) is 12.8 Å². The summed E-state index contributed by atoms with van der Waals surface area (Å²) in [6.07, 6.45) is 41.3. The number of rotatable bonds is 39. The Hall–Kier alpha value is -2.56. The zero-order chi connectivity index (χ0) is 40.7.